The van der Waals surface area contributed by atoms with Gasteiger partial charge >= 0.3 is 0 Å². The monoisotopic (exact) mass is 585 g/mol. The highest BCUT2D eigenvalue weighted by Gasteiger charge is 2.30. The minimum atomic E-state index is -0.562. The second-order valence-corrected chi connectivity index (χ2v) is 12.7. The van der Waals surface area contributed by atoms with Crippen molar-refractivity contribution in [1.82, 2.24) is 19.8 Å². The number of carbonyl (C=O) groups excluding carboxylic acids is 2. The number of rotatable bonds is 11. The zero-order valence-electron chi connectivity index (χ0n) is 25.3. The Balaban J connectivity index is 1.33. The summed E-state index contributed by atoms with van der Waals surface area (Å²) in [6.45, 7) is 11.4. The molecule has 1 fully saturated rings. The lowest BCUT2D eigenvalue weighted by Crippen LogP contribution is -2.55. The number of anilines is 1. The van der Waals surface area contributed by atoms with Crippen molar-refractivity contribution < 1.29 is 9.59 Å². The topological polar surface area (TPSA) is 70.5 Å². The van der Waals surface area contributed by atoms with E-state index in [1.54, 1.807) is 11.3 Å². The lowest BCUT2D eigenvalue weighted by molar-refractivity contribution is -0.134. The van der Waals surface area contributed by atoms with Gasteiger partial charge in [-0.1, -0.05) is 52.0 Å². The van der Waals surface area contributed by atoms with Crippen molar-refractivity contribution in [3.63, 3.8) is 0 Å². The van der Waals surface area contributed by atoms with E-state index in [-0.39, 0.29) is 17.7 Å². The summed E-state index contributed by atoms with van der Waals surface area (Å²) < 4.78 is 2.36. The normalized spacial score (nSPS) is 14.6. The van der Waals surface area contributed by atoms with Crippen LogP contribution in [0.5, 0.6) is 0 Å². The molecular formula is C34H43N5O2S. The molecule has 42 heavy (non-hydrogen) atoms. The molecule has 0 aliphatic carbocycles. The maximum Gasteiger partial charge on any atom is 0.252 e. The number of carbonyl (C=O) groups is 2. The van der Waals surface area contributed by atoms with Crippen LogP contribution in [-0.4, -0.2) is 58.5 Å². The van der Waals surface area contributed by atoms with Crippen LogP contribution in [0.25, 0.3) is 11.0 Å². The largest absolute Gasteiger partial charge is 0.368 e. The number of fused-ring (bicyclic) bond motifs is 1. The molecule has 1 N–H and O–H groups in total. The van der Waals surface area contributed by atoms with Gasteiger partial charge in [-0.15, -0.1) is 11.3 Å². The summed E-state index contributed by atoms with van der Waals surface area (Å²) in [5.74, 6) is 1.07. The molecule has 2 aromatic heterocycles. The van der Waals surface area contributed by atoms with Crippen LogP contribution in [0.15, 0.2) is 66.0 Å². The molecule has 1 aliphatic rings. The third-order valence-electron chi connectivity index (χ3n) is 8.27. The third-order valence-corrected chi connectivity index (χ3v) is 9.14. The number of aromatic nitrogens is 2. The van der Waals surface area contributed by atoms with Gasteiger partial charge in [0.2, 0.25) is 5.91 Å². The molecule has 4 aromatic rings. The average molecular weight is 586 g/mol. The Hall–Kier alpha value is -3.65. The molecule has 7 nitrogen and oxygen atoms in total. The smallest absolute Gasteiger partial charge is 0.252 e. The predicted octanol–water partition coefficient (Wildman–Crippen LogP) is 6.54. The van der Waals surface area contributed by atoms with Gasteiger partial charge in [0, 0.05) is 54.8 Å². The lowest BCUT2D eigenvalue weighted by atomic mass is 10.0. The molecule has 8 heteroatoms. The van der Waals surface area contributed by atoms with E-state index in [1.165, 1.54) is 10.6 Å². The average Bonchev–Trinajstić information content (AvgIpc) is 3.65. The van der Waals surface area contributed by atoms with Crippen molar-refractivity contribution in [2.75, 3.05) is 31.1 Å². The van der Waals surface area contributed by atoms with Crippen molar-refractivity contribution in [3.8, 4) is 0 Å². The van der Waals surface area contributed by atoms with Crippen LogP contribution in [0.4, 0.5) is 5.69 Å². The maximum absolute atomic E-state index is 13.7. The number of hydrogen-bond donors (Lipinski definition) is 1. The molecule has 2 aromatic carbocycles. The molecule has 1 atom stereocenters. The zero-order chi connectivity index (χ0) is 29.6. The molecule has 2 amide bonds. The van der Waals surface area contributed by atoms with Crippen LogP contribution in [-0.2, 0) is 11.2 Å². The fraction of sp³-hybridized carbons (Fsp3) is 0.441. The standard InChI is InChI=1S/C34H43N5O2S/c1-5-26(6-2)39-31-15-14-25(22-29(31)35-32(39)23-28-13-10-20-42-28)33(40)36-30(21-24(3)4)34(41)38-18-16-37(17-19-38)27-11-8-7-9-12-27/h7-15,20,22,24,26,30H,5-6,16-19,21,23H2,1-4H3,(H,36,40)/t30-/m0/s1. The Labute approximate surface area is 253 Å². The van der Waals surface area contributed by atoms with E-state index in [1.807, 2.05) is 41.3 Å². The zero-order valence-corrected chi connectivity index (χ0v) is 26.1. The summed E-state index contributed by atoms with van der Waals surface area (Å²) in [4.78, 5) is 37.8. The molecule has 5 rings (SSSR count). The highest BCUT2D eigenvalue weighted by atomic mass is 32.1. The second-order valence-electron chi connectivity index (χ2n) is 11.6. The van der Waals surface area contributed by atoms with E-state index in [4.69, 9.17) is 4.98 Å². The van der Waals surface area contributed by atoms with Crippen molar-refractivity contribution in [3.05, 3.63) is 82.3 Å². The highest BCUT2D eigenvalue weighted by Crippen LogP contribution is 2.28. The van der Waals surface area contributed by atoms with Crippen molar-refractivity contribution >= 4 is 39.9 Å². The summed E-state index contributed by atoms with van der Waals surface area (Å²) in [5, 5.41) is 5.19. The minimum Gasteiger partial charge on any atom is -0.368 e. The Kier molecular flexibility index (Phi) is 9.62. The first-order valence-electron chi connectivity index (χ1n) is 15.3. The number of amides is 2. The maximum atomic E-state index is 13.7. The Morgan fingerprint density at radius 3 is 2.33 bits per heavy atom. The molecule has 0 bridgehead atoms. The first-order valence-corrected chi connectivity index (χ1v) is 16.2. The number of piperazine rings is 1. The predicted molar refractivity (Wildman–Crippen MR) is 172 cm³/mol. The highest BCUT2D eigenvalue weighted by molar-refractivity contribution is 7.09. The summed E-state index contributed by atoms with van der Waals surface area (Å²) >= 11 is 1.74. The van der Waals surface area contributed by atoms with E-state index in [0.717, 1.165) is 49.2 Å². The molecule has 0 spiro atoms. The SMILES string of the molecule is CCC(CC)n1c(Cc2cccs2)nc2cc(C(=O)N[C@@H](CC(C)C)C(=O)N3CCN(c4ccccc4)CC3)ccc21. The molecule has 1 aliphatic heterocycles. The fourth-order valence-corrected chi connectivity index (χ4v) is 6.73. The number of nitrogens with zero attached hydrogens (tertiary/aromatic N) is 4. The van der Waals surface area contributed by atoms with Gasteiger partial charge in [-0.05, 0) is 67.0 Å². The molecule has 222 valence electrons. The summed E-state index contributed by atoms with van der Waals surface area (Å²) in [6, 6.07) is 20.1. The summed E-state index contributed by atoms with van der Waals surface area (Å²) in [5.41, 5.74) is 3.59. The van der Waals surface area contributed by atoms with Crippen LogP contribution in [0, 0.1) is 5.92 Å². The van der Waals surface area contributed by atoms with Crippen molar-refractivity contribution in [1.29, 1.82) is 0 Å². The number of thiophene rings is 1. The van der Waals surface area contributed by atoms with Gasteiger partial charge < -0.3 is 19.7 Å². The van der Waals surface area contributed by atoms with Gasteiger partial charge in [0.25, 0.3) is 5.91 Å². The van der Waals surface area contributed by atoms with Crippen LogP contribution in [0.2, 0.25) is 0 Å². The number of nitrogens with one attached hydrogen (secondary N) is 1. The molecule has 0 unspecified atom stereocenters. The lowest BCUT2D eigenvalue weighted by Gasteiger charge is -2.38. The summed E-state index contributed by atoms with van der Waals surface area (Å²) in [7, 11) is 0. The van der Waals surface area contributed by atoms with Gasteiger partial charge in [-0.25, -0.2) is 4.98 Å². The number of benzene rings is 2. The van der Waals surface area contributed by atoms with Gasteiger partial charge in [0.05, 0.1) is 11.0 Å². The first kappa shape index (κ1) is 29.8. The van der Waals surface area contributed by atoms with E-state index in [0.29, 0.717) is 31.1 Å². The van der Waals surface area contributed by atoms with Gasteiger partial charge in [-0.3, -0.25) is 9.59 Å². The fourth-order valence-electron chi connectivity index (χ4n) is 6.02. The molecule has 1 saturated heterocycles. The number of hydrogen-bond acceptors (Lipinski definition) is 5. The quantitative estimate of drug-likeness (QED) is 0.217. The van der Waals surface area contributed by atoms with E-state index >= 15 is 0 Å². The third kappa shape index (κ3) is 6.70. The second kappa shape index (κ2) is 13.6. The first-order chi connectivity index (χ1) is 20.4. The van der Waals surface area contributed by atoms with Crippen LogP contribution in [0.3, 0.4) is 0 Å². The Bertz CT molecular complexity index is 1470. The molecule has 0 radical (unpaired) electrons. The molecule has 0 saturated carbocycles. The van der Waals surface area contributed by atoms with Crippen LogP contribution in [0.1, 0.15) is 74.1 Å². The minimum absolute atomic E-state index is 0.00193. The van der Waals surface area contributed by atoms with Crippen molar-refractivity contribution in [2.45, 2.75) is 65.5 Å². The van der Waals surface area contributed by atoms with E-state index in [9.17, 15) is 9.59 Å². The van der Waals surface area contributed by atoms with Gasteiger partial charge in [-0.2, -0.15) is 0 Å². The Morgan fingerprint density at radius 1 is 0.952 bits per heavy atom. The Morgan fingerprint density at radius 2 is 1.69 bits per heavy atom. The van der Waals surface area contributed by atoms with E-state index in [2.05, 4.69) is 72.1 Å². The van der Waals surface area contributed by atoms with Crippen molar-refractivity contribution in [2.24, 2.45) is 5.92 Å². The molecule has 3 heterocycles. The summed E-state index contributed by atoms with van der Waals surface area (Å²) in [6.07, 6.45) is 3.40. The van der Waals surface area contributed by atoms with E-state index < -0.39 is 6.04 Å². The number of imidazole rings is 1. The van der Waals surface area contributed by atoms with Gasteiger partial charge in [0.1, 0.15) is 11.9 Å². The molecular weight excluding hydrogens is 542 g/mol. The van der Waals surface area contributed by atoms with Gasteiger partial charge in [0.15, 0.2) is 0 Å². The van der Waals surface area contributed by atoms with Crippen LogP contribution >= 0.6 is 11.3 Å². The van der Waals surface area contributed by atoms with Crippen LogP contribution < -0.4 is 10.2 Å². The number of para-hydroxylation sites is 1.